The van der Waals surface area contributed by atoms with Crippen LogP contribution in [0.15, 0.2) is 54.6 Å². The van der Waals surface area contributed by atoms with E-state index in [1.807, 2.05) is 0 Å². The molecule has 1 aliphatic rings. The molecule has 1 unspecified atom stereocenters. The van der Waals surface area contributed by atoms with Gasteiger partial charge in [-0.1, -0.05) is 42.5 Å². The molecule has 3 amide bonds. The minimum Gasteiger partial charge on any atom is -0.350 e. The summed E-state index contributed by atoms with van der Waals surface area (Å²) in [6, 6.07) is 11.2. The SMILES string of the molecule is CCNC(=O)C(=O)C(Cc1ccccc1)NC(=O)[C@H]1CCC(=O)N1Cc1ccc(C(F)(F)F)cc1. The van der Waals surface area contributed by atoms with E-state index in [9.17, 15) is 32.3 Å². The number of carbonyl (C=O) groups is 4. The van der Waals surface area contributed by atoms with Gasteiger partial charge in [0.1, 0.15) is 12.1 Å². The molecule has 10 heteroatoms. The summed E-state index contributed by atoms with van der Waals surface area (Å²) in [6.45, 7) is 1.86. The maximum atomic E-state index is 13.1. The molecular formula is C25H26F3N3O4. The zero-order chi connectivity index (χ0) is 25.6. The molecule has 35 heavy (non-hydrogen) atoms. The quantitative estimate of drug-likeness (QED) is 0.530. The van der Waals surface area contributed by atoms with Crippen LogP contribution in [0.3, 0.4) is 0 Å². The Labute approximate surface area is 200 Å². The summed E-state index contributed by atoms with van der Waals surface area (Å²) < 4.78 is 38.5. The van der Waals surface area contributed by atoms with Gasteiger partial charge in [-0.05, 0) is 36.6 Å². The smallest absolute Gasteiger partial charge is 0.350 e. The lowest BCUT2D eigenvalue weighted by Gasteiger charge is -2.26. The number of ketones is 1. The number of Topliss-reactive ketones (excluding diaryl/α,β-unsaturated/α-hetero) is 1. The van der Waals surface area contributed by atoms with Crippen molar-refractivity contribution in [3.05, 3.63) is 71.3 Å². The Balaban J connectivity index is 1.75. The van der Waals surface area contributed by atoms with Crippen LogP contribution in [-0.4, -0.2) is 47.0 Å². The third-order valence-corrected chi connectivity index (χ3v) is 5.74. The Morgan fingerprint density at radius 3 is 2.29 bits per heavy atom. The van der Waals surface area contributed by atoms with Crippen molar-refractivity contribution in [3.8, 4) is 0 Å². The van der Waals surface area contributed by atoms with Crippen molar-refractivity contribution in [2.75, 3.05) is 6.54 Å². The standard InChI is InChI=1S/C25H26F3N3O4/c1-2-29-24(35)22(33)19(14-16-6-4-3-5-7-16)30-23(34)20-12-13-21(32)31(20)15-17-8-10-18(11-9-17)25(26,27)28/h3-11,19-20H,2,12-15H2,1H3,(H,29,35)(H,30,34)/t19?,20-/m1/s1. The molecule has 2 N–H and O–H groups in total. The lowest BCUT2D eigenvalue weighted by Crippen LogP contribution is -2.53. The van der Waals surface area contributed by atoms with Crippen molar-refractivity contribution >= 4 is 23.5 Å². The van der Waals surface area contributed by atoms with E-state index in [0.29, 0.717) is 5.56 Å². The van der Waals surface area contributed by atoms with E-state index in [1.165, 1.54) is 17.0 Å². The number of amides is 3. The van der Waals surface area contributed by atoms with Crippen molar-refractivity contribution in [2.24, 2.45) is 0 Å². The fourth-order valence-electron chi connectivity index (χ4n) is 3.93. The second-order valence-electron chi connectivity index (χ2n) is 8.25. The van der Waals surface area contributed by atoms with E-state index in [4.69, 9.17) is 0 Å². The van der Waals surface area contributed by atoms with Crippen LogP contribution >= 0.6 is 0 Å². The molecule has 7 nitrogen and oxygen atoms in total. The Morgan fingerprint density at radius 2 is 1.69 bits per heavy atom. The summed E-state index contributed by atoms with van der Waals surface area (Å²) >= 11 is 0. The molecule has 1 aliphatic heterocycles. The molecule has 0 spiro atoms. The number of rotatable bonds is 9. The monoisotopic (exact) mass is 489 g/mol. The fourth-order valence-corrected chi connectivity index (χ4v) is 3.93. The molecule has 0 bridgehead atoms. The Morgan fingerprint density at radius 1 is 1.03 bits per heavy atom. The summed E-state index contributed by atoms with van der Waals surface area (Å²) in [5, 5.41) is 5.05. The number of nitrogens with zero attached hydrogens (tertiary/aromatic N) is 1. The molecule has 0 saturated carbocycles. The largest absolute Gasteiger partial charge is 0.416 e. The third-order valence-electron chi connectivity index (χ3n) is 5.74. The second-order valence-corrected chi connectivity index (χ2v) is 8.25. The Bertz CT molecular complexity index is 1070. The van der Waals surface area contributed by atoms with Crippen molar-refractivity contribution in [3.63, 3.8) is 0 Å². The number of likely N-dealkylation sites (tertiary alicyclic amines) is 1. The van der Waals surface area contributed by atoms with E-state index in [-0.39, 0.29) is 38.3 Å². The van der Waals surface area contributed by atoms with Gasteiger partial charge in [0.2, 0.25) is 17.6 Å². The highest BCUT2D eigenvalue weighted by molar-refractivity contribution is 6.38. The molecule has 1 saturated heterocycles. The number of hydrogen-bond acceptors (Lipinski definition) is 4. The van der Waals surface area contributed by atoms with Crippen LogP contribution in [0.1, 0.15) is 36.5 Å². The van der Waals surface area contributed by atoms with Gasteiger partial charge in [-0.3, -0.25) is 19.2 Å². The number of likely N-dealkylation sites (N-methyl/N-ethyl adjacent to an activating group) is 1. The number of hydrogen-bond donors (Lipinski definition) is 2. The summed E-state index contributed by atoms with van der Waals surface area (Å²) in [5.41, 5.74) is 0.362. The molecule has 1 heterocycles. The highest BCUT2D eigenvalue weighted by atomic mass is 19.4. The first-order valence-electron chi connectivity index (χ1n) is 11.2. The maximum absolute atomic E-state index is 13.1. The first kappa shape index (κ1) is 25.9. The van der Waals surface area contributed by atoms with Gasteiger partial charge >= 0.3 is 6.18 Å². The molecule has 2 atom stereocenters. The number of carbonyl (C=O) groups excluding carboxylic acids is 4. The number of nitrogens with one attached hydrogen (secondary N) is 2. The maximum Gasteiger partial charge on any atom is 0.416 e. The van der Waals surface area contributed by atoms with E-state index < -0.39 is 41.4 Å². The normalized spacial score (nSPS) is 16.6. The number of halogens is 3. The van der Waals surface area contributed by atoms with Crippen molar-refractivity contribution < 1.29 is 32.3 Å². The van der Waals surface area contributed by atoms with E-state index >= 15 is 0 Å². The Hall–Kier alpha value is -3.69. The average Bonchev–Trinajstić information content (AvgIpc) is 3.18. The van der Waals surface area contributed by atoms with Crippen LogP contribution in [0.2, 0.25) is 0 Å². The van der Waals surface area contributed by atoms with Gasteiger partial charge < -0.3 is 15.5 Å². The van der Waals surface area contributed by atoms with Crippen LogP contribution in [-0.2, 0) is 38.3 Å². The van der Waals surface area contributed by atoms with Crippen LogP contribution in [0, 0.1) is 0 Å². The van der Waals surface area contributed by atoms with E-state index in [2.05, 4.69) is 10.6 Å². The lowest BCUT2D eigenvalue weighted by atomic mass is 10.0. The van der Waals surface area contributed by atoms with Gasteiger partial charge in [0.25, 0.3) is 5.91 Å². The van der Waals surface area contributed by atoms with Crippen molar-refractivity contribution in [1.29, 1.82) is 0 Å². The van der Waals surface area contributed by atoms with Crippen LogP contribution < -0.4 is 10.6 Å². The van der Waals surface area contributed by atoms with Gasteiger partial charge in [-0.25, -0.2) is 0 Å². The van der Waals surface area contributed by atoms with Crippen molar-refractivity contribution in [2.45, 2.75) is 51.0 Å². The second kappa shape index (κ2) is 11.2. The molecular weight excluding hydrogens is 463 g/mol. The highest BCUT2D eigenvalue weighted by Crippen LogP contribution is 2.30. The van der Waals surface area contributed by atoms with Gasteiger partial charge in [0, 0.05) is 25.9 Å². The van der Waals surface area contributed by atoms with Crippen molar-refractivity contribution in [1.82, 2.24) is 15.5 Å². The zero-order valence-electron chi connectivity index (χ0n) is 19.1. The highest BCUT2D eigenvalue weighted by Gasteiger charge is 2.38. The first-order chi connectivity index (χ1) is 16.6. The minimum atomic E-state index is -4.48. The van der Waals surface area contributed by atoms with Gasteiger partial charge in [0.15, 0.2) is 0 Å². The van der Waals surface area contributed by atoms with E-state index in [0.717, 1.165) is 17.7 Å². The topological polar surface area (TPSA) is 95.6 Å². The predicted octanol–water partition coefficient (Wildman–Crippen LogP) is 2.63. The molecule has 2 aromatic rings. The van der Waals surface area contributed by atoms with Crippen LogP contribution in [0.5, 0.6) is 0 Å². The van der Waals surface area contributed by atoms with Crippen LogP contribution in [0.25, 0.3) is 0 Å². The molecule has 186 valence electrons. The predicted molar refractivity (Wildman–Crippen MR) is 121 cm³/mol. The van der Waals surface area contributed by atoms with Gasteiger partial charge in [-0.2, -0.15) is 13.2 Å². The molecule has 0 aromatic heterocycles. The van der Waals surface area contributed by atoms with Crippen LogP contribution in [0.4, 0.5) is 13.2 Å². The Kier molecular flexibility index (Phi) is 8.26. The first-order valence-corrected chi connectivity index (χ1v) is 11.2. The molecule has 2 aromatic carbocycles. The lowest BCUT2D eigenvalue weighted by molar-refractivity contribution is -0.141. The summed E-state index contributed by atoms with van der Waals surface area (Å²) in [7, 11) is 0. The third kappa shape index (κ3) is 6.68. The number of alkyl halides is 3. The van der Waals surface area contributed by atoms with E-state index in [1.54, 1.807) is 37.3 Å². The molecule has 1 fully saturated rings. The summed E-state index contributed by atoms with van der Waals surface area (Å²) in [4.78, 5) is 51.8. The molecule has 3 rings (SSSR count). The summed E-state index contributed by atoms with van der Waals surface area (Å²) in [6.07, 6.45) is -4.11. The minimum absolute atomic E-state index is 0.0529. The molecule has 0 radical (unpaired) electrons. The average molecular weight is 489 g/mol. The summed E-state index contributed by atoms with van der Waals surface area (Å²) in [5.74, 6) is -2.54. The molecule has 0 aliphatic carbocycles. The van der Waals surface area contributed by atoms with Gasteiger partial charge in [0.05, 0.1) is 5.56 Å². The zero-order valence-corrected chi connectivity index (χ0v) is 19.1. The van der Waals surface area contributed by atoms with Gasteiger partial charge in [-0.15, -0.1) is 0 Å². The fraction of sp³-hybridized carbons (Fsp3) is 0.360. The number of benzene rings is 2.